The van der Waals surface area contributed by atoms with Gasteiger partial charge in [0.25, 0.3) is 0 Å². The third kappa shape index (κ3) is 8.37. The average molecular weight is 718 g/mol. The maximum atomic E-state index is 14.4. The molecule has 0 saturated heterocycles. The van der Waals surface area contributed by atoms with Crippen LogP contribution >= 0.6 is 0 Å². The van der Waals surface area contributed by atoms with E-state index in [0.717, 1.165) is 38.4 Å². The van der Waals surface area contributed by atoms with E-state index in [1.165, 1.54) is 18.5 Å². The fourth-order valence-electron chi connectivity index (χ4n) is 5.85. The Morgan fingerprint density at radius 3 is 2.46 bits per heavy atom. The summed E-state index contributed by atoms with van der Waals surface area (Å²) in [6, 6.07) is 22.9. The summed E-state index contributed by atoms with van der Waals surface area (Å²) in [6.45, 7) is 2.55. The van der Waals surface area contributed by atoms with Crippen LogP contribution in [0.1, 0.15) is 35.6 Å². The Kier molecular flexibility index (Phi) is 11.4. The number of hydrogen-bond acceptors (Lipinski definition) is 9. The van der Waals surface area contributed by atoms with Gasteiger partial charge in [-0.25, -0.2) is 14.4 Å². The van der Waals surface area contributed by atoms with Crippen molar-refractivity contribution in [2.45, 2.75) is 18.2 Å². The van der Waals surface area contributed by atoms with Crippen LogP contribution in [0.4, 0.5) is 15.9 Å². The zero-order valence-corrected chi connectivity index (χ0v) is 29.7. The third-order valence-electron chi connectivity index (χ3n) is 8.44. The largest absolute Gasteiger partial charge is 0.487 e. The number of methoxy groups -OCH3 is 1. The van der Waals surface area contributed by atoms with Crippen LogP contribution in [0.2, 0.25) is 0 Å². The van der Waals surface area contributed by atoms with E-state index < -0.39 is 22.6 Å². The molecule has 1 aromatic heterocycles. The monoisotopic (exact) mass is 717 g/mol. The zero-order chi connectivity index (χ0) is 36.6. The summed E-state index contributed by atoms with van der Waals surface area (Å²) in [6.07, 6.45) is 10.6. The van der Waals surface area contributed by atoms with Gasteiger partial charge in [0.1, 0.15) is 37.8 Å². The Hall–Kier alpha value is -5.83. The molecule has 9 nitrogen and oxygen atoms in total. The van der Waals surface area contributed by atoms with Gasteiger partial charge >= 0.3 is 5.97 Å². The second kappa shape index (κ2) is 16.5. The summed E-state index contributed by atoms with van der Waals surface area (Å²) in [4.78, 5) is 22.7. The highest BCUT2D eigenvalue weighted by atomic mass is 32.2. The van der Waals surface area contributed by atoms with Crippen LogP contribution in [0.3, 0.4) is 0 Å². The Bertz CT molecular complexity index is 2260. The number of rotatable bonds is 14. The van der Waals surface area contributed by atoms with E-state index in [2.05, 4.69) is 21.2 Å². The van der Waals surface area contributed by atoms with Crippen LogP contribution in [0.25, 0.3) is 28.1 Å². The SMILES string of the molecule is C#Cc1cccc(Nc2ncnc3cc(OCCOC(=O)CC4=C(C)/C(=C/c5ccc(S(C)=O)cc5)c5ccc(F)cc54)c(OCCOC)cc23)c1. The van der Waals surface area contributed by atoms with Gasteiger partial charge in [-0.2, -0.15) is 0 Å². The molecule has 0 fully saturated rings. The molecule has 5 aromatic rings. The van der Waals surface area contributed by atoms with Crippen LogP contribution in [0, 0.1) is 18.2 Å². The molecule has 6 rings (SSSR count). The first-order valence-corrected chi connectivity index (χ1v) is 18.0. The van der Waals surface area contributed by atoms with E-state index >= 15 is 0 Å². The number of aromatic nitrogens is 2. The second-order valence-corrected chi connectivity index (χ2v) is 13.2. The minimum atomic E-state index is -1.09. The van der Waals surface area contributed by atoms with E-state index in [1.54, 1.807) is 31.6 Å². The number of carbonyl (C=O) groups is 1. The van der Waals surface area contributed by atoms with Crippen molar-refractivity contribution in [3.05, 3.63) is 119 Å². The number of benzene rings is 4. The Labute approximate surface area is 304 Å². The number of terminal acetylenes is 1. The predicted octanol–water partition coefficient (Wildman–Crippen LogP) is 7.60. The molecule has 1 unspecified atom stereocenters. The number of hydrogen-bond donors (Lipinski definition) is 1. The fourth-order valence-corrected chi connectivity index (χ4v) is 6.37. The number of nitrogens with one attached hydrogen (secondary N) is 1. The molecule has 1 aliphatic rings. The summed E-state index contributed by atoms with van der Waals surface area (Å²) in [5.74, 6) is 3.16. The van der Waals surface area contributed by atoms with E-state index in [4.69, 9.17) is 25.4 Å². The Morgan fingerprint density at radius 1 is 0.942 bits per heavy atom. The lowest BCUT2D eigenvalue weighted by molar-refractivity contribution is -0.143. The predicted molar refractivity (Wildman–Crippen MR) is 201 cm³/mol. The van der Waals surface area contributed by atoms with Crippen LogP contribution in [-0.2, 0) is 25.1 Å². The van der Waals surface area contributed by atoms with Gasteiger partial charge in [0.15, 0.2) is 11.5 Å². The highest BCUT2D eigenvalue weighted by Gasteiger charge is 2.26. The molecule has 0 radical (unpaired) electrons. The lowest BCUT2D eigenvalue weighted by Crippen LogP contribution is -2.13. The van der Waals surface area contributed by atoms with E-state index in [1.807, 2.05) is 61.5 Å². The van der Waals surface area contributed by atoms with Gasteiger partial charge in [0.2, 0.25) is 0 Å². The zero-order valence-electron chi connectivity index (χ0n) is 28.9. The Balaban J connectivity index is 1.15. The van der Waals surface area contributed by atoms with Crippen molar-refractivity contribution in [2.75, 3.05) is 45.1 Å². The molecule has 0 spiro atoms. The number of nitrogens with zero attached hydrogens (tertiary/aromatic N) is 2. The van der Waals surface area contributed by atoms with E-state index in [-0.39, 0.29) is 26.2 Å². The second-order valence-electron chi connectivity index (χ2n) is 11.9. The molecule has 0 aliphatic heterocycles. The quantitative estimate of drug-likeness (QED) is 0.0706. The Morgan fingerprint density at radius 2 is 1.71 bits per heavy atom. The highest BCUT2D eigenvalue weighted by Crippen LogP contribution is 2.44. The summed E-state index contributed by atoms with van der Waals surface area (Å²) >= 11 is 0. The van der Waals surface area contributed by atoms with Gasteiger partial charge in [0, 0.05) is 51.8 Å². The smallest absolute Gasteiger partial charge is 0.310 e. The molecule has 52 heavy (non-hydrogen) atoms. The first-order chi connectivity index (χ1) is 25.2. The lowest BCUT2D eigenvalue weighted by atomic mass is 10.0. The fraction of sp³-hybridized carbons (Fsp3) is 0.195. The number of anilines is 2. The van der Waals surface area contributed by atoms with Crippen molar-refractivity contribution in [2.24, 2.45) is 0 Å². The van der Waals surface area contributed by atoms with Crippen molar-refractivity contribution in [1.29, 1.82) is 0 Å². The van der Waals surface area contributed by atoms with Gasteiger partial charge in [-0.1, -0.05) is 30.2 Å². The maximum Gasteiger partial charge on any atom is 0.310 e. The number of esters is 1. The molecule has 0 bridgehead atoms. The summed E-state index contributed by atoms with van der Waals surface area (Å²) in [7, 11) is 0.498. The van der Waals surface area contributed by atoms with Gasteiger partial charge in [-0.15, -0.1) is 6.42 Å². The minimum Gasteiger partial charge on any atom is -0.487 e. The van der Waals surface area contributed by atoms with Gasteiger partial charge in [-0.05, 0) is 94.9 Å². The van der Waals surface area contributed by atoms with Crippen molar-refractivity contribution in [1.82, 2.24) is 9.97 Å². The molecule has 4 aromatic carbocycles. The number of halogens is 1. The van der Waals surface area contributed by atoms with Crippen molar-refractivity contribution < 1.29 is 32.3 Å². The molecule has 1 N–H and O–H groups in total. The normalized spacial score (nSPS) is 13.5. The van der Waals surface area contributed by atoms with Crippen LogP contribution in [0.15, 0.2) is 95.7 Å². The maximum absolute atomic E-state index is 14.4. The topological polar surface area (TPSA) is 109 Å². The van der Waals surface area contributed by atoms with Crippen molar-refractivity contribution in [3.63, 3.8) is 0 Å². The van der Waals surface area contributed by atoms with Crippen molar-refractivity contribution in [3.8, 4) is 23.8 Å². The van der Waals surface area contributed by atoms with Gasteiger partial charge in [0.05, 0.1) is 18.5 Å². The molecule has 1 heterocycles. The van der Waals surface area contributed by atoms with Gasteiger partial charge in [-0.3, -0.25) is 9.00 Å². The molecule has 1 atom stereocenters. The molecule has 264 valence electrons. The van der Waals surface area contributed by atoms with Gasteiger partial charge < -0.3 is 24.3 Å². The third-order valence-corrected chi connectivity index (χ3v) is 9.38. The van der Waals surface area contributed by atoms with Crippen LogP contribution < -0.4 is 14.8 Å². The van der Waals surface area contributed by atoms with Crippen LogP contribution in [0.5, 0.6) is 11.5 Å². The average Bonchev–Trinajstić information content (AvgIpc) is 3.39. The molecule has 0 amide bonds. The highest BCUT2D eigenvalue weighted by molar-refractivity contribution is 7.84. The molecule has 11 heteroatoms. The summed E-state index contributed by atoms with van der Waals surface area (Å²) in [5.41, 5.74) is 6.90. The number of allylic oxidation sites excluding steroid dienone is 2. The van der Waals surface area contributed by atoms with E-state index in [9.17, 15) is 13.4 Å². The molecular weight excluding hydrogens is 682 g/mol. The summed E-state index contributed by atoms with van der Waals surface area (Å²) < 4.78 is 49.0. The van der Waals surface area contributed by atoms with Crippen molar-refractivity contribution >= 4 is 56.4 Å². The standard InChI is InChI=1S/C41H36FN3O6S/c1-5-27-7-6-8-30(19-27)45-41-36-22-38(49-16-15-48-3)39(24-37(36)43-25-44-41)50-17-18-51-40(46)23-34-26(2)33(32-14-11-29(42)21-35(32)34)20-28-9-12-31(13-10-28)52(4)47/h1,6-14,19-22,24-25H,15-18,23H2,2-4H3,(H,43,44,45)/b33-20-. The first kappa shape index (κ1) is 36.0. The molecule has 0 saturated carbocycles. The minimum absolute atomic E-state index is 0.0351. The lowest BCUT2D eigenvalue weighted by Gasteiger charge is -2.15. The first-order valence-electron chi connectivity index (χ1n) is 16.4. The number of carbonyl (C=O) groups excluding carboxylic acids is 1. The molecular formula is C41H36FN3O6S. The summed E-state index contributed by atoms with van der Waals surface area (Å²) in [5, 5.41) is 3.99. The molecule has 1 aliphatic carbocycles. The number of fused-ring (bicyclic) bond motifs is 2. The van der Waals surface area contributed by atoms with E-state index in [0.29, 0.717) is 46.0 Å². The number of ether oxygens (including phenoxy) is 4. The van der Waals surface area contributed by atoms with Crippen LogP contribution in [-0.4, -0.2) is 59.9 Å².